The molecule has 8 heteroatoms. The number of Topliss-reactive ketones (excluding diaryl/α,β-unsaturated/α-hetero) is 2. The lowest BCUT2D eigenvalue weighted by Crippen LogP contribution is -2.33. The number of ketones is 2. The first-order valence-electron chi connectivity index (χ1n) is 11.3. The van der Waals surface area contributed by atoms with Gasteiger partial charge in [-0.05, 0) is 38.7 Å². The molecule has 3 atom stereocenters. The van der Waals surface area contributed by atoms with Crippen molar-refractivity contribution >= 4 is 35.1 Å². The molecule has 0 radical (unpaired) electrons. The summed E-state index contributed by atoms with van der Waals surface area (Å²) in [5.41, 5.74) is -1.67. The van der Waals surface area contributed by atoms with Crippen molar-refractivity contribution in [2.75, 3.05) is 7.11 Å². The summed E-state index contributed by atoms with van der Waals surface area (Å²) in [5.74, 6) is -2.92. The number of allylic oxidation sites excluding steroid dienone is 2. The van der Waals surface area contributed by atoms with Crippen molar-refractivity contribution in [1.29, 1.82) is 0 Å². The summed E-state index contributed by atoms with van der Waals surface area (Å²) in [5, 5.41) is 11.1. The van der Waals surface area contributed by atoms with Gasteiger partial charge in [0.15, 0.2) is 0 Å². The van der Waals surface area contributed by atoms with Gasteiger partial charge in [-0.3, -0.25) is 19.2 Å². The number of halogens is 1. The molecule has 33 heavy (non-hydrogen) atoms. The van der Waals surface area contributed by atoms with Gasteiger partial charge in [0.25, 0.3) is 0 Å². The number of carbonyl (C=O) groups excluding carboxylic acids is 4. The van der Waals surface area contributed by atoms with Crippen LogP contribution in [0.3, 0.4) is 0 Å². The molecule has 0 aromatic heterocycles. The summed E-state index contributed by atoms with van der Waals surface area (Å²) in [4.78, 5) is 48.3. The molecule has 0 fully saturated rings. The maximum absolute atomic E-state index is 12.7. The van der Waals surface area contributed by atoms with E-state index in [9.17, 15) is 24.3 Å². The third-order valence-electron chi connectivity index (χ3n) is 5.49. The van der Waals surface area contributed by atoms with E-state index >= 15 is 0 Å². The highest BCUT2D eigenvalue weighted by molar-refractivity contribution is 6.46. The zero-order chi connectivity index (χ0) is 25.0. The molecule has 0 heterocycles. The van der Waals surface area contributed by atoms with E-state index in [0.717, 1.165) is 25.7 Å². The Morgan fingerprint density at radius 1 is 1.18 bits per heavy atom. The fraction of sp³-hybridized carbons (Fsp3) is 0.600. The molecule has 1 rings (SSSR count). The van der Waals surface area contributed by atoms with E-state index in [2.05, 4.69) is 11.7 Å². The highest BCUT2D eigenvalue weighted by Gasteiger charge is 2.42. The highest BCUT2D eigenvalue weighted by Crippen LogP contribution is 2.37. The number of unbranched alkanes of at least 4 members (excludes halogenated alkanes) is 3. The molecule has 0 aliphatic heterocycles. The number of rotatable bonds is 14. The Hall–Kier alpha value is -2.25. The third kappa shape index (κ3) is 9.26. The van der Waals surface area contributed by atoms with E-state index in [-0.39, 0.29) is 35.7 Å². The van der Waals surface area contributed by atoms with Crippen molar-refractivity contribution in [1.82, 2.24) is 0 Å². The number of ether oxygens (including phenoxy) is 2. The van der Waals surface area contributed by atoms with Gasteiger partial charge in [0.2, 0.25) is 5.78 Å². The zero-order valence-corrected chi connectivity index (χ0v) is 20.7. The lowest BCUT2D eigenvalue weighted by Gasteiger charge is -2.26. The van der Waals surface area contributed by atoms with Crippen LogP contribution in [0, 0.1) is 5.92 Å². The Balaban J connectivity index is 3.16. The van der Waals surface area contributed by atoms with Crippen LogP contribution in [0.1, 0.15) is 72.1 Å². The maximum Gasteiger partial charge on any atom is 0.305 e. The first-order valence-corrected chi connectivity index (χ1v) is 11.7. The lowest BCUT2D eigenvalue weighted by atomic mass is 9.85. The number of carbonyl (C=O) groups is 4. The molecule has 184 valence electrons. The molecule has 1 aliphatic rings. The van der Waals surface area contributed by atoms with Gasteiger partial charge >= 0.3 is 11.9 Å². The summed E-state index contributed by atoms with van der Waals surface area (Å²) >= 11 is 6.05. The number of hydrogen-bond donors (Lipinski definition) is 1. The maximum atomic E-state index is 12.7. The van der Waals surface area contributed by atoms with Gasteiger partial charge in [0, 0.05) is 25.3 Å². The first kappa shape index (κ1) is 28.8. The summed E-state index contributed by atoms with van der Waals surface area (Å²) in [6.45, 7) is 4.65. The van der Waals surface area contributed by atoms with E-state index in [1.165, 1.54) is 33.1 Å². The number of aliphatic hydroxyl groups is 1. The van der Waals surface area contributed by atoms with Crippen LogP contribution >= 0.6 is 11.6 Å². The Kier molecular flexibility index (Phi) is 12.3. The summed E-state index contributed by atoms with van der Waals surface area (Å²) in [6.07, 6.45) is 10.3. The van der Waals surface area contributed by atoms with Gasteiger partial charge < -0.3 is 14.6 Å². The number of hydrogen-bond acceptors (Lipinski definition) is 7. The molecule has 0 unspecified atom stereocenters. The minimum absolute atomic E-state index is 0.0176. The lowest BCUT2D eigenvalue weighted by molar-refractivity contribution is -0.150. The van der Waals surface area contributed by atoms with Crippen LogP contribution in [0.5, 0.6) is 0 Å². The standard InChI is InChI=1S/C25H35ClO7/c1-5-6-7-8-9-10-14-25(31)16-21(26)24(30)20(25)15-19(17(2)27)22(33-18(3)28)12-11-13-23(29)32-4/h9-10,15-16,19,22,31H,5-8,11-14H2,1-4H3/b10-9-,20-15+/t19-,22+,25-/m1/s1. The molecule has 0 saturated heterocycles. The van der Waals surface area contributed by atoms with Crippen LogP contribution in [0.15, 0.2) is 34.9 Å². The fourth-order valence-electron chi connectivity index (χ4n) is 3.70. The van der Waals surface area contributed by atoms with Gasteiger partial charge in [0.1, 0.15) is 17.5 Å². The van der Waals surface area contributed by atoms with Crippen LogP contribution in [0.4, 0.5) is 0 Å². The van der Waals surface area contributed by atoms with Crippen molar-refractivity contribution in [2.45, 2.75) is 83.8 Å². The molecule has 0 saturated carbocycles. The van der Waals surface area contributed by atoms with E-state index in [4.69, 9.17) is 16.3 Å². The van der Waals surface area contributed by atoms with E-state index in [1.54, 1.807) is 6.08 Å². The van der Waals surface area contributed by atoms with Crippen molar-refractivity contribution in [3.05, 3.63) is 34.9 Å². The van der Waals surface area contributed by atoms with Gasteiger partial charge in [-0.1, -0.05) is 49.6 Å². The largest absolute Gasteiger partial charge is 0.469 e. The van der Waals surface area contributed by atoms with Crippen molar-refractivity contribution in [3.8, 4) is 0 Å². The van der Waals surface area contributed by atoms with E-state index < -0.39 is 35.3 Å². The minimum atomic E-state index is -1.66. The van der Waals surface area contributed by atoms with Gasteiger partial charge in [-0.2, -0.15) is 0 Å². The second-order valence-corrected chi connectivity index (χ2v) is 8.66. The summed E-state index contributed by atoms with van der Waals surface area (Å²) in [6, 6.07) is 0. The topological polar surface area (TPSA) is 107 Å². The van der Waals surface area contributed by atoms with Gasteiger partial charge in [-0.25, -0.2) is 0 Å². The molecule has 0 aromatic carbocycles. The molecule has 0 amide bonds. The first-order chi connectivity index (χ1) is 15.6. The van der Waals surface area contributed by atoms with Gasteiger partial charge in [-0.15, -0.1) is 0 Å². The van der Waals surface area contributed by atoms with E-state index in [0.29, 0.717) is 6.42 Å². The zero-order valence-electron chi connectivity index (χ0n) is 19.9. The molecule has 0 bridgehead atoms. The minimum Gasteiger partial charge on any atom is -0.469 e. The Morgan fingerprint density at radius 2 is 1.88 bits per heavy atom. The van der Waals surface area contributed by atoms with Crippen LogP contribution in [0.2, 0.25) is 0 Å². The molecular formula is C25H35ClO7. The molecular weight excluding hydrogens is 448 g/mol. The molecule has 0 aromatic rings. The SMILES string of the molecule is CCCCC/C=C\C[C@@]1(O)C=C(Cl)C(=O)/C1=C\[C@H](C(C)=O)[C@H](CCCC(=O)OC)OC(C)=O. The van der Waals surface area contributed by atoms with Crippen molar-refractivity contribution < 1.29 is 33.8 Å². The highest BCUT2D eigenvalue weighted by atomic mass is 35.5. The predicted molar refractivity (Wildman–Crippen MR) is 125 cm³/mol. The molecule has 7 nitrogen and oxygen atoms in total. The monoisotopic (exact) mass is 482 g/mol. The number of methoxy groups -OCH3 is 1. The Bertz CT molecular complexity index is 812. The van der Waals surface area contributed by atoms with E-state index in [1.807, 2.05) is 6.08 Å². The van der Waals surface area contributed by atoms with Crippen LogP contribution in [0.25, 0.3) is 0 Å². The summed E-state index contributed by atoms with van der Waals surface area (Å²) < 4.78 is 9.97. The van der Waals surface area contributed by atoms with Crippen molar-refractivity contribution in [3.63, 3.8) is 0 Å². The van der Waals surface area contributed by atoms with Gasteiger partial charge in [0.05, 0.1) is 18.1 Å². The average Bonchev–Trinajstić information content (AvgIpc) is 2.95. The summed E-state index contributed by atoms with van der Waals surface area (Å²) in [7, 11) is 1.27. The van der Waals surface area contributed by atoms with Crippen LogP contribution in [-0.2, 0) is 28.7 Å². The second kappa shape index (κ2) is 14.1. The second-order valence-electron chi connectivity index (χ2n) is 8.25. The average molecular weight is 483 g/mol. The van der Waals surface area contributed by atoms with Crippen LogP contribution < -0.4 is 0 Å². The van der Waals surface area contributed by atoms with Crippen molar-refractivity contribution in [2.24, 2.45) is 5.92 Å². The Morgan fingerprint density at radius 3 is 2.45 bits per heavy atom. The third-order valence-corrected chi connectivity index (χ3v) is 5.77. The smallest absolute Gasteiger partial charge is 0.305 e. The molecule has 0 spiro atoms. The normalized spacial score (nSPS) is 21.2. The molecule has 1 aliphatic carbocycles. The van der Waals surface area contributed by atoms with Crippen LogP contribution in [-0.4, -0.2) is 47.4 Å². The fourth-order valence-corrected chi connectivity index (χ4v) is 3.98. The predicted octanol–water partition coefficient (Wildman–Crippen LogP) is 4.36. The number of esters is 2. The molecule has 1 N–H and O–H groups in total. The Labute approximate surface area is 200 Å². The quantitative estimate of drug-likeness (QED) is 0.170.